The maximum atomic E-state index is 13.9. The summed E-state index contributed by atoms with van der Waals surface area (Å²) in [7, 11) is 1.40. The summed E-state index contributed by atoms with van der Waals surface area (Å²) in [4.78, 5) is 11.4. The van der Waals surface area contributed by atoms with Crippen LogP contribution in [0.25, 0.3) is 0 Å². The lowest BCUT2D eigenvalue weighted by Gasteiger charge is -2.43. The third-order valence-corrected chi connectivity index (χ3v) is 3.30. The van der Waals surface area contributed by atoms with Crippen molar-refractivity contribution in [2.45, 2.75) is 24.3 Å². The van der Waals surface area contributed by atoms with Crippen LogP contribution >= 0.6 is 0 Å². The van der Waals surface area contributed by atoms with Gasteiger partial charge in [0.25, 0.3) is 0 Å². The van der Waals surface area contributed by atoms with E-state index < -0.39 is 17.2 Å². The summed E-state index contributed by atoms with van der Waals surface area (Å²) in [5, 5.41) is 9.32. The minimum absolute atomic E-state index is 0.108. The van der Waals surface area contributed by atoms with Crippen molar-refractivity contribution in [1.29, 1.82) is 0 Å². The Bertz CT molecular complexity index is 455. The van der Waals surface area contributed by atoms with Gasteiger partial charge in [-0.3, -0.25) is 4.79 Å². The average Bonchev–Trinajstić information content (AvgIpc) is 2.24. The van der Waals surface area contributed by atoms with Crippen molar-refractivity contribution >= 4 is 5.97 Å². The van der Waals surface area contributed by atoms with E-state index in [1.54, 1.807) is 6.07 Å². The van der Waals surface area contributed by atoms with Crippen molar-refractivity contribution < 1.29 is 19.0 Å². The lowest BCUT2D eigenvalue weighted by atomic mass is 9.61. The molecule has 1 aromatic carbocycles. The first-order valence-corrected chi connectivity index (χ1v) is 5.33. The van der Waals surface area contributed by atoms with Crippen LogP contribution in [0.4, 0.5) is 4.39 Å². The predicted molar refractivity (Wildman–Crippen MR) is 59.5 cm³/mol. The Morgan fingerprint density at radius 3 is 2.71 bits per heavy atom. The highest BCUT2D eigenvalue weighted by atomic mass is 19.1. The third-order valence-electron chi connectivity index (χ3n) is 3.30. The molecule has 3 N–H and O–H groups in total. The second kappa shape index (κ2) is 4.00. The van der Waals surface area contributed by atoms with E-state index in [2.05, 4.69) is 0 Å². The molecule has 17 heavy (non-hydrogen) atoms. The van der Waals surface area contributed by atoms with Gasteiger partial charge in [-0.25, -0.2) is 4.39 Å². The van der Waals surface area contributed by atoms with Crippen molar-refractivity contribution in [2.24, 2.45) is 5.73 Å². The van der Waals surface area contributed by atoms with Gasteiger partial charge in [0.2, 0.25) is 0 Å². The lowest BCUT2D eigenvalue weighted by Crippen LogP contribution is -2.54. The summed E-state index contributed by atoms with van der Waals surface area (Å²) < 4.78 is 18.9. The highest BCUT2D eigenvalue weighted by Crippen LogP contribution is 2.47. The Labute approximate surface area is 98.2 Å². The van der Waals surface area contributed by atoms with Crippen molar-refractivity contribution in [3.8, 4) is 5.75 Å². The Morgan fingerprint density at radius 2 is 2.24 bits per heavy atom. The summed E-state index contributed by atoms with van der Waals surface area (Å²) in [6, 6.07) is 4.10. The SMILES string of the molecule is COc1cccc(F)c1C1(C(=O)O)CC(N)C1. The molecule has 0 heterocycles. The maximum Gasteiger partial charge on any atom is 0.314 e. The number of carbonyl (C=O) groups is 1. The van der Waals surface area contributed by atoms with Crippen LogP contribution in [0.15, 0.2) is 18.2 Å². The molecule has 5 heteroatoms. The number of carboxylic acid groups (broad SMARTS) is 1. The zero-order valence-corrected chi connectivity index (χ0v) is 9.44. The molecule has 0 spiro atoms. The molecule has 1 fully saturated rings. The fourth-order valence-corrected chi connectivity index (χ4v) is 2.46. The Balaban J connectivity index is 2.55. The van der Waals surface area contributed by atoms with Gasteiger partial charge >= 0.3 is 5.97 Å². The van der Waals surface area contributed by atoms with Crippen molar-refractivity contribution in [3.63, 3.8) is 0 Å². The second-order valence-corrected chi connectivity index (χ2v) is 4.37. The molecule has 0 bridgehead atoms. The molecule has 0 radical (unpaired) electrons. The minimum atomic E-state index is -1.24. The van der Waals surface area contributed by atoms with Crippen LogP contribution < -0.4 is 10.5 Å². The van der Waals surface area contributed by atoms with E-state index in [0.717, 1.165) is 0 Å². The van der Waals surface area contributed by atoms with E-state index >= 15 is 0 Å². The zero-order valence-electron chi connectivity index (χ0n) is 9.44. The standard InChI is InChI=1S/C12H14FNO3/c1-17-9-4-2-3-8(13)10(9)12(11(15)16)5-7(14)6-12/h2-4,7H,5-6,14H2,1H3,(H,15,16). The van der Waals surface area contributed by atoms with E-state index in [1.165, 1.54) is 19.2 Å². The van der Waals surface area contributed by atoms with Gasteiger partial charge in [0.05, 0.1) is 7.11 Å². The van der Waals surface area contributed by atoms with E-state index in [1.807, 2.05) is 0 Å². The van der Waals surface area contributed by atoms with Gasteiger partial charge in [-0.2, -0.15) is 0 Å². The van der Waals surface area contributed by atoms with Crippen LogP contribution in [-0.4, -0.2) is 24.2 Å². The Hall–Kier alpha value is -1.62. The van der Waals surface area contributed by atoms with Crippen LogP contribution in [-0.2, 0) is 10.2 Å². The van der Waals surface area contributed by atoms with Crippen LogP contribution in [0.3, 0.4) is 0 Å². The molecule has 1 aliphatic rings. The van der Waals surface area contributed by atoms with Crippen molar-refractivity contribution in [1.82, 2.24) is 0 Å². The monoisotopic (exact) mass is 239 g/mol. The first-order chi connectivity index (χ1) is 8.01. The third kappa shape index (κ3) is 1.67. The fourth-order valence-electron chi connectivity index (χ4n) is 2.46. The molecular weight excluding hydrogens is 225 g/mol. The molecule has 0 aromatic heterocycles. The highest BCUT2D eigenvalue weighted by molar-refractivity contribution is 5.84. The van der Waals surface area contributed by atoms with Crippen molar-refractivity contribution in [3.05, 3.63) is 29.6 Å². The van der Waals surface area contributed by atoms with Crippen LogP contribution in [0.1, 0.15) is 18.4 Å². The van der Waals surface area contributed by atoms with Crippen LogP contribution in [0.5, 0.6) is 5.75 Å². The number of ether oxygens (including phenoxy) is 1. The molecule has 92 valence electrons. The predicted octanol–water partition coefficient (Wildman–Crippen LogP) is 1.28. The van der Waals surface area contributed by atoms with Gasteiger partial charge in [0, 0.05) is 11.6 Å². The summed E-state index contributed by atoms with van der Waals surface area (Å²) in [6.45, 7) is 0. The molecule has 4 nitrogen and oxygen atoms in total. The van der Waals surface area contributed by atoms with Gasteiger partial charge in [-0.15, -0.1) is 0 Å². The van der Waals surface area contributed by atoms with Crippen LogP contribution in [0.2, 0.25) is 0 Å². The van der Waals surface area contributed by atoms with Gasteiger partial charge in [0.1, 0.15) is 17.0 Å². The topological polar surface area (TPSA) is 72.5 Å². The van der Waals surface area contributed by atoms with E-state index in [-0.39, 0.29) is 30.2 Å². The lowest BCUT2D eigenvalue weighted by molar-refractivity contribution is -0.148. The normalized spacial score (nSPS) is 27.4. The molecule has 0 aliphatic heterocycles. The fraction of sp³-hybridized carbons (Fsp3) is 0.417. The highest BCUT2D eigenvalue weighted by Gasteiger charge is 2.53. The number of rotatable bonds is 3. The average molecular weight is 239 g/mol. The zero-order chi connectivity index (χ0) is 12.6. The second-order valence-electron chi connectivity index (χ2n) is 4.37. The molecule has 0 amide bonds. The molecule has 1 saturated carbocycles. The van der Waals surface area contributed by atoms with Gasteiger partial charge in [0.15, 0.2) is 0 Å². The van der Waals surface area contributed by atoms with Crippen LogP contribution in [0, 0.1) is 5.82 Å². The maximum absolute atomic E-state index is 13.9. The number of methoxy groups -OCH3 is 1. The summed E-state index contributed by atoms with van der Waals surface area (Å²) in [5.74, 6) is -1.35. The summed E-state index contributed by atoms with van der Waals surface area (Å²) in [5.41, 5.74) is 4.51. The Morgan fingerprint density at radius 1 is 1.59 bits per heavy atom. The number of carboxylic acids is 1. The van der Waals surface area contributed by atoms with Gasteiger partial charge in [-0.1, -0.05) is 6.07 Å². The number of benzene rings is 1. The quantitative estimate of drug-likeness (QED) is 0.833. The van der Waals surface area contributed by atoms with Gasteiger partial charge < -0.3 is 15.6 Å². The molecule has 0 unspecified atom stereocenters. The number of aliphatic carboxylic acids is 1. The van der Waals surface area contributed by atoms with Gasteiger partial charge in [-0.05, 0) is 25.0 Å². The smallest absolute Gasteiger partial charge is 0.314 e. The molecular formula is C12H14FNO3. The number of halogens is 1. The van der Waals surface area contributed by atoms with E-state index in [0.29, 0.717) is 0 Å². The number of hydrogen-bond acceptors (Lipinski definition) is 3. The summed E-state index contributed by atoms with van der Waals surface area (Å²) >= 11 is 0. The van der Waals surface area contributed by atoms with E-state index in [4.69, 9.17) is 10.5 Å². The minimum Gasteiger partial charge on any atom is -0.496 e. The first-order valence-electron chi connectivity index (χ1n) is 5.33. The molecule has 2 rings (SSSR count). The largest absolute Gasteiger partial charge is 0.496 e. The summed E-state index contributed by atoms with van der Waals surface area (Å²) in [6.07, 6.45) is 0.471. The number of nitrogens with two attached hydrogens (primary N) is 1. The molecule has 0 atom stereocenters. The number of hydrogen-bond donors (Lipinski definition) is 2. The van der Waals surface area contributed by atoms with Crippen molar-refractivity contribution in [2.75, 3.05) is 7.11 Å². The Kier molecular flexibility index (Phi) is 2.79. The van der Waals surface area contributed by atoms with E-state index in [9.17, 15) is 14.3 Å². The first kappa shape index (κ1) is 11.9. The molecule has 1 aromatic rings. The molecule has 0 saturated heterocycles. The molecule has 1 aliphatic carbocycles.